The highest BCUT2D eigenvalue weighted by atomic mass is 19.4. The van der Waals surface area contributed by atoms with Crippen LogP contribution in [0, 0.1) is 80.2 Å². The predicted octanol–water partition coefficient (Wildman–Crippen LogP) is 36.1. The van der Waals surface area contributed by atoms with Gasteiger partial charge in [-0.25, -0.2) is 4.85 Å². The smallest absolute Gasteiger partial charge is 0.238 e. The van der Waals surface area contributed by atoms with Crippen molar-refractivity contribution in [3.63, 3.8) is 0 Å². The van der Waals surface area contributed by atoms with E-state index >= 15 is 0 Å². The lowest BCUT2D eigenvalue weighted by molar-refractivity contribution is -0.137. The van der Waals surface area contributed by atoms with Gasteiger partial charge in [-0.15, -0.1) is 0 Å². The van der Waals surface area contributed by atoms with Crippen LogP contribution in [-0.2, 0) is 17.0 Å². The lowest BCUT2D eigenvalue weighted by Crippen LogP contribution is -2.15. The Hall–Kier alpha value is -15.3. The Morgan fingerprint density at radius 2 is 0.458 bits per heavy atom. The van der Waals surface area contributed by atoms with Crippen LogP contribution in [0.25, 0.3) is 179 Å². The molecule has 0 unspecified atom stereocenters. The lowest BCUT2D eigenvalue weighted by Gasteiger charge is -2.22. The van der Waals surface area contributed by atoms with Crippen LogP contribution in [0.5, 0.6) is 0 Å². The van der Waals surface area contributed by atoms with Crippen molar-refractivity contribution in [2.75, 3.05) is 0 Å². The molecule has 0 spiro atoms. The molecule has 0 amide bonds. The molecule has 0 heterocycles. The number of hydrogen-bond acceptors (Lipinski definition) is 1. The molecule has 0 bridgehead atoms. The third-order valence-electron chi connectivity index (χ3n) is 27.6. The maximum atomic E-state index is 12.9. The Kier molecular flexibility index (Phi) is 22.1. The summed E-state index contributed by atoms with van der Waals surface area (Å²) in [5, 5.41) is 40.4. The molecule has 0 aromatic heterocycles. The van der Waals surface area contributed by atoms with Crippen LogP contribution in [0.1, 0.15) is 111 Å². The fraction of sp³-hybridized carbons (Fsp3) is 0.127. The standard InChI is InChI=1S/C22H15F3.2C22H15N.C22H18.2C19H18/c1-14-17-6-2-4-8-19(17)21(20-9-5-3-7-18(14)20)15-10-12-16(13-11-15)22(23,24)25;1-15-18-7-3-5-9-20(18)22(21-10-6-4-8-19(15)21)16-11-13-17(23-2)14-12-16;1-15-18-6-2-4-8-20(18)22(21-9-5-3-7-19(15)21)17-12-10-16(14-23)11-13-17;1-15-11-13-17(14-12-15)22-20-9-5-3-7-18(20)16(2)19-8-4-6-10-21(19)22;2*1-11-7-13-5-6-14-8-12(2)10-16-18(14)17(13)15(9-11)19(16,3)4/h2-13H,1H3;3-14H,1H3;2-13H,1H3;3-14H,1-2H3;2*5-10H,1-4H3. The van der Waals surface area contributed by atoms with Gasteiger partial charge in [0.2, 0.25) is 0 Å². The van der Waals surface area contributed by atoms with Crippen molar-refractivity contribution in [2.24, 2.45) is 0 Å². The van der Waals surface area contributed by atoms with E-state index in [2.05, 4.69) is 368 Å². The number of hydrogen-bond donors (Lipinski definition) is 0. The number of halogens is 3. The Morgan fingerprint density at radius 1 is 0.252 bits per heavy atom. The Morgan fingerprint density at radius 3 is 0.672 bits per heavy atom. The third kappa shape index (κ3) is 15.3. The lowest BCUT2D eigenvalue weighted by atomic mass is 9.81. The molecule has 634 valence electrons. The molecule has 2 nitrogen and oxygen atoms in total. The normalized spacial score (nSPS) is 12.5. The van der Waals surface area contributed by atoms with Crippen molar-refractivity contribution in [1.29, 1.82) is 5.26 Å². The molecule has 0 N–H and O–H groups in total. The molecule has 5 heteroatoms. The number of nitrogens with zero attached hydrogens (tertiary/aromatic N) is 2. The van der Waals surface area contributed by atoms with Gasteiger partial charge in [-0.05, 0) is 305 Å². The van der Waals surface area contributed by atoms with Crippen molar-refractivity contribution in [3.8, 4) is 50.6 Å². The first-order valence-electron chi connectivity index (χ1n) is 45.1. The van der Waals surface area contributed by atoms with E-state index in [1.165, 1.54) is 202 Å². The maximum absolute atomic E-state index is 12.9. The molecule has 2 aliphatic rings. The minimum atomic E-state index is -4.32. The molecule has 0 saturated heterocycles. The van der Waals surface area contributed by atoms with E-state index in [4.69, 9.17) is 11.8 Å². The summed E-state index contributed by atoms with van der Waals surface area (Å²) in [6, 6.07) is 128. The zero-order valence-corrected chi connectivity index (χ0v) is 76.2. The van der Waals surface area contributed by atoms with Crippen molar-refractivity contribution >= 4 is 135 Å². The topological polar surface area (TPSA) is 28.1 Å². The average Bonchev–Trinajstić information content (AvgIpc) is 1.55. The van der Waals surface area contributed by atoms with Gasteiger partial charge in [0.15, 0.2) is 5.69 Å². The van der Waals surface area contributed by atoms with Crippen LogP contribution in [0.4, 0.5) is 18.9 Å². The monoisotopic (exact) mass is 1700 g/mol. The highest BCUT2D eigenvalue weighted by Crippen LogP contribution is 2.53. The Balaban J connectivity index is 0.000000102. The van der Waals surface area contributed by atoms with E-state index in [0.717, 1.165) is 55.9 Å². The van der Waals surface area contributed by atoms with Crippen molar-refractivity contribution in [1.82, 2.24) is 0 Å². The molecule has 131 heavy (non-hydrogen) atoms. The van der Waals surface area contributed by atoms with Crippen molar-refractivity contribution in [3.05, 3.63) is 459 Å². The molecule has 22 aromatic carbocycles. The number of alkyl halides is 3. The summed E-state index contributed by atoms with van der Waals surface area (Å²) < 4.78 is 38.6. The van der Waals surface area contributed by atoms with Gasteiger partial charge >= 0.3 is 6.18 Å². The Labute approximate surface area is 764 Å². The van der Waals surface area contributed by atoms with Crippen LogP contribution in [0.15, 0.2) is 364 Å². The van der Waals surface area contributed by atoms with Crippen LogP contribution < -0.4 is 0 Å². The fourth-order valence-corrected chi connectivity index (χ4v) is 21.1. The summed E-state index contributed by atoms with van der Waals surface area (Å²) in [5.41, 5.74) is 28.1. The van der Waals surface area contributed by atoms with Crippen molar-refractivity contribution < 1.29 is 13.2 Å². The van der Waals surface area contributed by atoms with Gasteiger partial charge in [-0.3, -0.25) is 0 Å². The molecule has 0 aliphatic heterocycles. The molecule has 0 atom stereocenters. The van der Waals surface area contributed by atoms with Gasteiger partial charge in [0.05, 0.1) is 23.8 Å². The zero-order chi connectivity index (χ0) is 91.1. The van der Waals surface area contributed by atoms with E-state index in [1.54, 1.807) is 12.1 Å². The van der Waals surface area contributed by atoms with Crippen LogP contribution in [0.2, 0.25) is 0 Å². The summed E-state index contributed by atoms with van der Waals surface area (Å²) >= 11 is 0. The summed E-state index contributed by atoms with van der Waals surface area (Å²) in [4.78, 5) is 3.49. The van der Waals surface area contributed by atoms with Crippen molar-refractivity contribution in [2.45, 2.75) is 107 Å². The van der Waals surface area contributed by atoms with Crippen LogP contribution in [-0.4, -0.2) is 0 Å². The fourth-order valence-electron chi connectivity index (χ4n) is 21.1. The molecule has 0 saturated carbocycles. The first kappa shape index (κ1) is 85.2. The largest absolute Gasteiger partial charge is 0.416 e. The second kappa shape index (κ2) is 34.1. The minimum Gasteiger partial charge on any atom is -0.238 e. The summed E-state index contributed by atoms with van der Waals surface area (Å²) in [7, 11) is 0. The maximum Gasteiger partial charge on any atom is 0.416 e. The Bertz CT molecular complexity index is 7770. The molecule has 22 aromatic rings. The SMILES string of the molecule is Cc1c2ccccc2c(-c2ccc(C#N)cc2)c2ccccc12.Cc1c2ccccc2c(-c2ccc(C(F)(F)F)cc2)c2ccccc12.Cc1cc2c3c(ccc4cc(C)cc(c43)C2(C)C)c1.Cc1cc2c3c(ccc4cc(C)cc(c43)C2(C)C)c1.Cc1ccc(-c2c3ccccc3c(C)c3ccccc23)cc1.[C-]#[N+]c1ccc(-c2c3ccccc3c(C)c3ccccc23)cc1. The quantitative estimate of drug-likeness (QED) is 0.0980. The molecular formula is C126H99F3N2. The number of aryl methyl sites for hydroxylation is 9. The van der Waals surface area contributed by atoms with Crippen LogP contribution >= 0.6 is 0 Å². The minimum absolute atomic E-state index is 0.123. The van der Waals surface area contributed by atoms with Gasteiger partial charge < -0.3 is 0 Å². The highest BCUT2D eigenvalue weighted by Gasteiger charge is 2.37. The average molecular weight is 1700 g/mol. The number of fused-ring (bicyclic) bond motifs is 8. The summed E-state index contributed by atoms with van der Waals surface area (Å²) in [6.45, 7) is 36.2. The summed E-state index contributed by atoms with van der Waals surface area (Å²) in [5.74, 6) is 0. The second-order valence-electron chi connectivity index (χ2n) is 36.7. The molecule has 24 rings (SSSR count). The zero-order valence-electron chi connectivity index (χ0n) is 76.2. The highest BCUT2D eigenvalue weighted by molar-refractivity contribution is 6.21. The molecule has 2 aliphatic carbocycles. The van der Waals surface area contributed by atoms with E-state index in [9.17, 15) is 13.2 Å². The van der Waals surface area contributed by atoms with Gasteiger partial charge in [0, 0.05) is 10.8 Å². The molecular weight excluding hydrogens is 1600 g/mol. The van der Waals surface area contributed by atoms with Gasteiger partial charge in [-0.2, -0.15) is 18.4 Å². The first-order chi connectivity index (χ1) is 63.3. The number of benzene rings is 22. The first-order valence-corrected chi connectivity index (χ1v) is 45.1. The second-order valence-corrected chi connectivity index (χ2v) is 36.7. The van der Waals surface area contributed by atoms with Gasteiger partial charge in [0.25, 0.3) is 0 Å². The molecule has 0 radical (unpaired) electrons. The van der Waals surface area contributed by atoms with E-state index in [1.807, 2.05) is 72.8 Å². The van der Waals surface area contributed by atoms with Gasteiger partial charge in [-0.1, -0.05) is 395 Å². The summed E-state index contributed by atoms with van der Waals surface area (Å²) in [6.07, 6.45) is -4.32. The number of nitriles is 1. The van der Waals surface area contributed by atoms with E-state index in [-0.39, 0.29) is 10.8 Å². The van der Waals surface area contributed by atoms with Gasteiger partial charge in [0.1, 0.15) is 0 Å². The van der Waals surface area contributed by atoms with E-state index < -0.39 is 11.7 Å². The van der Waals surface area contributed by atoms with Crippen LogP contribution in [0.3, 0.4) is 0 Å². The molecule has 0 fully saturated rings. The predicted molar refractivity (Wildman–Crippen MR) is 553 cm³/mol. The third-order valence-corrected chi connectivity index (χ3v) is 27.6. The van der Waals surface area contributed by atoms with E-state index in [0.29, 0.717) is 11.3 Å². The number of rotatable bonds is 4.